The number of anilines is 1. The van der Waals surface area contributed by atoms with E-state index in [4.69, 9.17) is 0 Å². The summed E-state index contributed by atoms with van der Waals surface area (Å²) in [6.45, 7) is 2.40. The van der Waals surface area contributed by atoms with Crippen molar-refractivity contribution in [2.45, 2.75) is 25.2 Å². The van der Waals surface area contributed by atoms with E-state index in [1.54, 1.807) is 0 Å². The van der Waals surface area contributed by atoms with Crippen LogP contribution in [0, 0.1) is 0 Å². The second kappa shape index (κ2) is 6.60. The average molecular weight is 361 g/mol. The first-order valence-corrected chi connectivity index (χ1v) is 8.43. The second-order valence-electron chi connectivity index (χ2n) is 6.49. The fourth-order valence-corrected chi connectivity index (χ4v) is 3.37. The number of alkyl halides is 3. The second-order valence-corrected chi connectivity index (χ2v) is 6.49. The number of nitrogens with one attached hydrogen (secondary N) is 2. The van der Waals surface area contributed by atoms with Gasteiger partial charge < -0.3 is 10.3 Å². The standard InChI is InChI=1S/C18H18F3N5/c19-18(20,21)16-5-7-22-17(25-16)24-13-6-8-26(11-13)10-12-9-23-15-4-2-1-3-14(12)15/h1-5,7,9,13,23H,6,8,10-11H2,(H,22,24,25). The van der Waals surface area contributed by atoms with Gasteiger partial charge >= 0.3 is 6.18 Å². The Balaban J connectivity index is 1.40. The van der Waals surface area contributed by atoms with E-state index < -0.39 is 11.9 Å². The molecule has 2 aromatic heterocycles. The SMILES string of the molecule is FC(F)(F)c1ccnc(NC2CCN(Cc3c[nH]c4ccccc34)C2)n1. The van der Waals surface area contributed by atoms with Gasteiger partial charge in [-0.05, 0) is 24.1 Å². The summed E-state index contributed by atoms with van der Waals surface area (Å²) in [6.07, 6.45) is -0.476. The smallest absolute Gasteiger partial charge is 0.361 e. The molecular weight excluding hydrogens is 343 g/mol. The van der Waals surface area contributed by atoms with Crippen LogP contribution in [0.25, 0.3) is 10.9 Å². The Morgan fingerprint density at radius 3 is 2.92 bits per heavy atom. The zero-order valence-corrected chi connectivity index (χ0v) is 13.9. The summed E-state index contributed by atoms with van der Waals surface area (Å²) < 4.78 is 38.3. The highest BCUT2D eigenvalue weighted by molar-refractivity contribution is 5.82. The minimum Gasteiger partial charge on any atom is -0.361 e. The molecule has 0 amide bonds. The molecule has 1 unspecified atom stereocenters. The Bertz CT molecular complexity index is 905. The predicted molar refractivity (Wildman–Crippen MR) is 92.6 cm³/mol. The first-order valence-electron chi connectivity index (χ1n) is 8.43. The monoisotopic (exact) mass is 361 g/mol. The molecule has 1 atom stereocenters. The van der Waals surface area contributed by atoms with Crippen molar-refractivity contribution in [1.82, 2.24) is 19.9 Å². The maximum absolute atomic E-state index is 12.8. The summed E-state index contributed by atoms with van der Waals surface area (Å²) in [7, 11) is 0. The number of benzene rings is 1. The lowest BCUT2D eigenvalue weighted by Crippen LogP contribution is -2.27. The summed E-state index contributed by atoms with van der Waals surface area (Å²) in [5.41, 5.74) is 1.40. The number of aromatic nitrogens is 3. The number of hydrogen-bond acceptors (Lipinski definition) is 4. The number of hydrogen-bond donors (Lipinski definition) is 2. The lowest BCUT2D eigenvalue weighted by atomic mass is 10.1. The molecule has 3 aromatic rings. The highest BCUT2D eigenvalue weighted by atomic mass is 19.4. The summed E-state index contributed by atoms with van der Waals surface area (Å²) >= 11 is 0. The third kappa shape index (κ3) is 3.50. The number of fused-ring (bicyclic) bond motifs is 1. The van der Waals surface area contributed by atoms with E-state index in [2.05, 4.69) is 31.2 Å². The fourth-order valence-electron chi connectivity index (χ4n) is 3.37. The number of likely N-dealkylation sites (tertiary alicyclic amines) is 1. The summed E-state index contributed by atoms with van der Waals surface area (Å²) in [4.78, 5) is 13.0. The number of aromatic amines is 1. The molecular formula is C18H18F3N5. The zero-order valence-electron chi connectivity index (χ0n) is 13.9. The molecule has 1 aliphatic heterocycles. The predicted octanol–water partition coefficient (Wildman–Crippen LogP) is 3.66. The van der Waals surface area contributed by atoms with Crippen LogP contribution < -0.4 is 5.32 Å². The molecule has 0 radical (unpaired) electrons. The van der Waals surface area contributed by atoms with Gasteiger partial charge in [0, 0.05) is 49.0 Å². The normalized spacial score (nSPS) is 18.5. The van der Waals surface area contributed by atoms with E-state index in [0.29, 0.717) is 0 Å². The van der Waals surface area contributed by atoms with Crippen LogP contribution in [0.2, 0.25) is 0 Å². The highest BCUT2D eigenvalue weighted by Gasteiger charge is 2.33. The molecule has 1 saturated heterocycles. The molecule has 0 saturated carbocycles. The molecule has 0 spiro atoms. The number of nitrogens with zero attached hydrogens (tertiary/aromatic N) is 3. The number of halogens is 3. The molecule has 2 N–H and O–H groups in total. The van der Waals surface area contributed by atoms with Crippen LogP contribution in [0.3, 0.4) is 0 Å². The van der Waals surface area contributed by atoms with Crippen LogP contribution in [-0.4, -0.2) is 39.0 Å². The topological polar surface area (TPSA) is 56.8 Å². The molecule has 0 bridgehead atoms. The molecule has 8 heteroatoms. The maximum atomic E-state index is 12.8. The van der Waals surface area contributed by atoms with Crippen molar-refractivity contribution in [1.29, 1.82) is 0 Å². The average Bonchev–Trinajstić information content (AvgIpc) is 3.22. The largest absolute Gasteiger partial charge is 0.433 e. The van der Waals surface area contributed by atoms with Crippen molar-refractivity contribution >= 4 is 16.9 Å². The van der Waals surface area contributed by atoms with Gasteiger partial charge in [-0.15, -0.1) is 0 Å². The Hall–Kier alpha value is -2.61. The van der Waals surface area contributed by atoms with Crippen LogP contribution in [0.5, 0.6) is 0 Å². The van der Waals surface area contributed by atoms with E-state index in [-0.39, 0.29) is 12.0 Å². The Morgan fingerprint density at radius 1 is 1.23 bits per heavy atom. The van der Waals surface area contributed by atoms with Gasteiger partial charge in [0.15, 0.2) is 0 Å². The van der Waals surface area contributed by atoms with Gasteiger partial charge in [0.05, 0.1) is 0 Å². The zero-order chi connectivity index (χ0) is 18.1. The van der Waals surface area contributed by atoms with Crippen molar-refractivity contribution in [2.75, 3.05) is 18.4 Å². The quantitative estimate of drug-likeness (QED) is 0.745. The third-order valence-electron chi connectivity index (χ3n) is 4.62. The van der Waals surface area contributed by atoms with E-state index in [1.165, 1.54) is 10.9 Å². The molecule has 4 rings (SSSR count). The Kier molecular flexibility index (Phi) is 4.28. The van der Waals surface area contributed by atoms with Gasteiger partial charge in [-0.1, -0.05) is 18.2 Å². The molecule has 5 nitrogen and oxygen atoms in total. The number of H-pyrrole nitrogens is 1. The summed E-state index contributed by atoms with van der Waals surface area (Å²) in [5, 5.41) is 4.23. The van der Waals surface area contributed by atoms with Crippen molar-refractivity contribution in [2.24, 2.45) is 0 Å². The Morgan fingerprint density at radius 2 is 2.08 bits per heavy atom. The van der Waals surface area contributed by atoms with Crippen LogP contribution in [0.4, 0.5) is 19.1 Å². The van der Waals surface area contributed by atoms with Gasteiger partial charge in [-0.2, -0.15) is 13.2 Å². The van der Waals surface area contributed by atoms with Crippen molar-refractivity contribution in [3.8, 4) is 0 Å². The molecule has 1 aromatic carbocycles. The van der Waals surface area contributed by atoms with Gasteiger partial charge in [0.2, 0.25) is 5.95 Å². The minimum absolute atomic E-state index is 0.0266. The maximum Gasteiger partial charge on any atom is 0.433 e. The minimum atomic E-state index is -4.46. The molecule has 26 heavy (non-hydrogen) atoms. The van der Waals surface area contributed by atoms with E-state index in [9.17, 15) is 13.2 Å². The molecule has 1 fully saturated rings. The van der Waals surface area contributed by atoms with Crippen LogP contribution in [0.15, 0.2) is 42.7 Å². The van der Waals surface area contributed by atoms with Crippen molar-refractivity contribution < 1.29 is 13.2 Å². The van der Waals surface area contributed by atoms with Gasteiger partial charge in [-0.25, -0.2) is 9.97 Å². The van der Waals surface area contributed by atoms with E-state index in [0.717, 1.165) is 43.8 Å². The lowest BCUT2D eigenvalue weighted by molar-refractivity contribution is -0.141. The van der Waals surface area contributed by atoms with Crippen molar-refractivity contribution in [3.63, 3.8) is 0 Å². The Labute approximate surface area is 148 Å². The molecule has 1 aliphatic rings. The number of para-hydroxylation sites is 1. The highest BCUT2D eigenvalue weighted by Crippen LogP contribution is 2.28. The molecule has 0 aliphatic carbocycles. The van der Waals surface area contributed by atoms with Gasteiger partial charge in [0.25, 0.3) is 0 Å². The van der Waals surface area contributed by atoms with E-state index >= 15 is 0 Å². The molecule has 3 heterocycles. The van der Waals surface area contributed by atoms with Gasteiger partial charge in [0.1, 0.15) is 5.69 Å². The van der Waals surface area contributed by atoms with Crippen molar-refractivity contribution in [3.05, 3.63) is 54.0 Å². The van der Waals surface area contributed by atoms with Crippen LogP contribution in [0.1, 0.15) is 17.7 Å². The van der Waals surface area contributed by atoms with E-state index in [1.807, 2.05) is 24.4 Å². The third-order valence-corrected chi connectivity index (χ3v) is 4.62. The first kappa shape index (κ1) is 16.8. The van der Waals surface area contributed by atoms with Crippen LogP contribution >= 0.6 is 0 Å². The van der Waals surface area contributed by atoms with Gasteiger partial charge in [-0.3, -0.25) is 4.90 Å². The first-order chi connectivity index (χ1) is 12.5. The summed E-state index contributed by atoms with van der Waals surface area (Å²) in [6, 6.07) is 9.04. The number of rotatable bonds is 4. The van der Waals surface area contributed by atoms with Crippen LogP contribution in [-0.2, 0) is 12.7 Å². The fraction of sp³-hybridized carbons (Fsp3) is 0.333. The summed E-state index contributed by atoms with van der Waals surface area (Å²) in [5.74, 6) is 0.0266. The molecule has 136 valence electrons. The lowest BCUT2D eigenvalue weighted by Gasteiger charge is -2.16.